The van der Waals surface area contributed by atoms with E-state index in [2.05, 4.69) is 4.43 Å². The molecule has 0 aliphatic carbocycles. The third-order valence-corrected chi connectivity index (χ3v) is 1.10. The second-order valence-electron chi connectivity index (χ2n) is 1.56. The Kier molecular flexibility index (Phi) is 2.13. The molecular formula is C3H6ClNOSi. The van der Waals surface area contributed by atoms with Crippen LogP contribution in [0.15, 0.2) is 0 Å². The van der Waals surface area contributed by atoms with Gasteiger partial charge in [0, 0.05) is 0 Å². The number of hydrogen-bond acceptors (Lipinski definition) is 2. The number of halogens is 1. The van der Waals surface area contributed by atoms with E-state index < -0.39 is 7.63 Å². The topological polar surface area (TPSA) is 33.0 Å². The Morgan fingerprint density at radius 3 is 2.14 bits per heavy atom. The summed E-state index contributed by atoms with van der Waals surface area (Å²) in [6, 6.07) is 0. The largest absolute Gasteiger partial charge is 0.466 e. The smallest absolute Gasteiger partial charge is 0.356 e. The molecule has 0 aromatic rings. The van der Waals surface area contributed by atoms with Gasteiger partial charge in [-0.1, -0.05) is 0 Å². The van der Waals surface area contributed by atoms with Gasteiger partial charge in [-0.3, -0.25) is 0 Å². The van der Waals surface area contributed by atoms with Crippen molar-refractivity contribution in [2.45, 2.75) is 13.1 Å². The lowest BCUT2D eigenvalue weighted by atomic mass is 11.6. The van der Waals surface area contributed by atoms with Crippen molar-refractivity contribution in [3.8, 4) is 6.26 Å². The minimum atomic E-state index is -2.05. The molecule has 0 aromatic carbocycles. The maximum Gasteiger partial charge on any atom is 0.356 e. The fraction of sp³-hybridized carbons (Fsp3) is 0.667. The van der Waals surface area contributed by atoms with Gasteiger partial charge >= 0.3 is 7.63 Å². The van der Waals surface area contributed by atoms with E-state index in [4.69, 9.17) is 16.3 Å². The SMILES string of the molecule is C[Si](C)(Cl)OC#N. The lowest BCUT2D eigenvalue weighted by Gasteiger charge is -2.05. The predicted molar refractivity (Wildman–Crippen MR) is 30.0 cm³/mol. The molecule has 0 radical (unpaired) electrons. The second kappa shape index (κ2) is 2.19. The Labute approximate surface area is 48.5 Å². The second-order valence-corrected chi connectivity index (χ2v) is 7.22. The molecule has 0 amide bonds. The number of hydrogen-bond donors (Lipinski definition) is 0. The highest BCUT2D eigenvalue weighted by atomic mass is 35.6. The van der Waals surface area contributed by atoms with E-state index in [-0.39, 0.29) is 0 Å². The molecule has 0 spiro atoms. The first-order valence-corrected chi connectivity index (χ1v) is 5.74. The van der Waals surface area contributed by atoms with Gasteiger partial charge in [-0.05, 0) is 13.1 Å². The summed E-state index contributed by atoms with van der Waals surface area (Å²) in [7, 11) is -2.05. The minimum Gasteiger partial charge on any atom is -0.466 e. The first-order valence-electron chi connectivity index (χ1n) is 1.82. The van der Waals surface area contributed by atoms with Crippen LogP contribution in [0.5, 0.6) is 0 Å². The molecule has 40 valence electrons. The van der Waals surface area contributed by atoms with E-state index in [1.165, 1.54) is 6.26 Å². The highest BCUT2D eigenvalue weighted by molar-refractivity contribution is 7.15. The molecule has 0 unspecified atom stereocenters. The molecule has 0 fully saturated rings. The molecule has 0 atom stereocenters. The summed E-state index contributed by atoms with van der Waals surface area (Å²) in [4.78, 5) is 0. The minimum absolute atomic E-state index is 1.54. The van der Waals surface area contributed by atoms with Crippen LogP contribution < -0.4 is 0 Å². The molecule has 0 aliphatic heterocycles. The first-order chi connectivity index (χ1) is 3.06. The van der Waals surface area contributed by atoms with Gasteiger partial charge in [0.15, 0.2) is 0 Å². The van der Waals surface area contributed by atoms with E-state index >= 15 is 0 Å². The van der Waals surface area contributed by atoms with Gasteiger partial charge < -0.3 is 4.43 Å². The van der Waals surface area contributed by atoms with Gasteiger partial charge in [-0.25, -0.2) is 0 Å². The van der Waals surface area contributed by atoms with Gasteiger partial charge in [-0.2, -0.15) is 5.26 Å². The van der Waals surface area contributed by atoms with Crippen LogP contribution in [0, 0.1) is 11.5 Å². The van der Waals surface area contributed by atoms with Crippen LogP contribution in [0.2, 0.25) is 13.1 Å². The Balaban J connectivity index is 3.40. The van der Waals surface area contributed by atoms with Crippen LogP contribution in [0.25, 0.3) is 0 Å². The van der Waals surface area contributed by atoms with Crippen LogP contribution in [0.1, 0.15) is 0 Å². The maximum absolute atomic E-state index is 7.88. The molecule has 0 aliphatic rings. The Hall–Kier alpha value is -0.203. The molecule has 7 heavy (non-hydrogen) atoms. The average Bonchev–Trinajstić information content (AvgIpc) is 1.30. The van der Waals surface area contributed by atoms with Crippen LogP contribution >= 0.6 is 11.1 Å². The third kappa shape index (κ3) is 5.80. The maximum atomic E-state index is 7.88. The fourth-order valence-electron chi connectivity index (χ4n) is 0.109. The summed E-state index contributed by atoms with van der Waals surface area (Å²) in [5.41, 5.74) is 0. The summed E-state index contributed by atoms with van der Waals surface area (Å²) < 4.78 is 4.44. The lowest BCUT2D eigenvalue weighted by molar-refractivity contribution is 0.520. The summed E-state index contributed by atoms with van der Waals surface area (Å²) in [6.45, 7) is 3.47. The van der Waals surface area contributed by atoms with Gasteiger partial charge in [0.2, 0.25) is 0 Å². The molecule has 2 nitrogen and oxygen atoms in total. The van der Waals surface area contributed by atoms with Crippen molar-refractivity contribution in [1.29, 1.82) is 5.26 Å². The summed E-state index contributed by atoms with van der Waals surface area (Å²) in [6.07, 6.45) is 1.54. The molecule has 0 aromatic heterocycles. The van der Waals surface area contributed by atoms with Crippen molar-refractivity contribution in [2.24, 2.45) is 0 Å². The summed E-state index contributed by atoms with van der Waals surface area (Å²) >= 11 is 5.53. The normalized spacial score (nSPS) is 10.0. The Bertz CT molecular complexity index is 92.1. The monoisotopic (exact) mass is 135 g/mol. The third-order valence-electron chi connectivity index (χ3n) is 0.288. The van der Waals surface area contributed by atoms with Crippen molar-refractivity contribution in [3.63, 3.8) is 0 Å². The van der Waals surface area contributed by atoms with Crippen LogP contribution in [-0.2, 0) is 4.43 Å². The van der Waals surface area contributed by atoms with E-state index in [1.807, 2.05) is 0 Å². The standard InChI is InChI=1S/C3H6ClNOSi/c1-7(2,4)6-3-5/h1-2H3. The molecule has 0 saturated carbocycles. The van der Waals surface area contributed by atoms with Gasteiger partial charge in [-0.15, -0.1) is 11.1 Å². The van der Waals surface area contributed by atoms with Crippen molar-refractivity contribution in [3.05, 3.63) is 0 Å². The van der Waals surface area contributed by atoms with Crippen LogP contribution in [-0.4, -0.2) is 7.63 Å². The van der Waals surface area contributed by atoms with Gasteiger partial charge in [0.25, 0.3) is 6.26 Å². The molecule has 0 bridgehead atoms. The first kappa shape index (κ1) is 6.80. The van der Waals surface area contributed by atoms with Gasteiger partial charge in [0.1, 0.15) is 0 Å². The molecule has 0 rings (SSSR count). The fourth-order valence-corrected chi connectivity index (χ4v) is 0.429. The molecular weight excluding hydrogens is 130 g/mol. The molecule has 0 heterocycles. The molecule has 0 saturated heterocycles. The van der Waals surface area contributed by atoms with E-state index in [0.29, 0.717) is 0 Å². The highest BCUT2D eigenvalue weighted by Crippen LogP contribution is 2.06. The Morgan fingerprint density at radius 2 is 2.14 bits per heavy atom. The van der Waals surface area contributed by atoms with Crippen molar-refractivity contribution < 1.29 is 4.43 Å². The predicted octanol–water partition coefficient (Wildman–Crippen LogP) is 1.42. The van der Waals surface area contributed by atoms with Gasteiger partial charge in [0.05, 0.1) is 0 Å². The average molecular weight is 136 g/mol. The van der Waals surface area contributed by atoms with Crippen molar-refractivity contribution >= 4 is 18.7 Å². The number of rotatable bonds is 1. The zero-order valence-corrected chi connectivity index (χ0v) is 5.99. The molecule has 0 N–H and O–H groups in total. The summed E-state index contributed by atoms with van der Waals surface area (Å²) in [5, 5.41) is 7.88. The zero-order chi connectivity index (χ0) is 5.91. The lowest BCUT2D eigenvalue weighted by Crippen LogP contribution is -2.18. The van der Waals surface area contributed by atoms with E-state index in [9.17, 15) is 0 Å². The summed E-state index contributed by atoms with van der Waals surface area (Å²) in [5.74, 6) is 0. The quantitative estimate of drug-likeness (QED) is 0.310. The van der Waals surface area contributed by atoms with Crippen LogP contribution in [0.4, 0.5) is 0 Å². The van der Waals surface area contributed by atoms with E-state index in [1.54, 1.807) is 13.1 Å². The number of nitriles is 1. The zero-order valence-electron chi connectivity index (χ0n) is 4.23. The van der Waals surface area contributed by atoms with Crippen molar-refractivity contribution in [1.82, 2.24) is 0 Å². The van der Waals surface area contributed by atoms with Crippen molar-refractivity contribution in [2.75, 3.05) is 0 Å². The van der Waals surface area contributed by atoms with Crippen LogP contribution in [0.3, 0.4) is 0 Å². The highest BCUT2D eigenvalue weighted by Gasteiger charge is 2.18. The Morgan fingerprint density at radius 1 is 1.71 bits per heavy atom. The van der Waals surface area contributed by atoms with E-state index in [0.717, 1.165) is 0 Å². The molecule has 4 heteroatoms. The number of nitrogens with zero attached hydrogens (tertiary/aromatic N) is 1.